The molecular formula is C32H26Cl2N6O5S. The number of hydrogen-bond donors (Lipinski definition) is 2. The fourth-order valence-corrected chi connectivity index (χ4v) is 7.03. The quantitative estimate of drug-likeness (QED) is 0.194. The predicted octanol–water partition coefficient (Wildman–Crippen LogP) is 6.78. The summed E-state index contributed by atoms with van der Waals surface area (Å²) in [7, 11) is 0. The van der Waals surface area contributed by atoms with Crippen molar-refractivity contribution in [2.75, 3.05) is 5.32 Å². The summed E-state index contributed by atoms with van der Waals surface area (Å²) in [5, 5.41) is 21.1. The molecule has 0 aliphatic carbocycles. The number of nitrogens with zero attached hydrogens (tertiary/aromatic N) is 5. The van der Waals surface area contributed by atoms with Crippen LogP contribution in [0.3, 0.4) is 0 Å². The number of thiophene rings is 1. The summed E-state index contributed by atoms with van der Waals surface area (Å²) < 4.78 is 2.99. The van der Waals surface area contributed by atoms with Crippen LogP contribution in [0.15, 0.2) is 65.8 Å². The Hall–Kier alpha value is -4.65. The summed E-state index contributed by atoms with van der Waals surface area (Å²) in [5.41, 5.74) is 2.43. The van der Waals surface area contributed by atoms with E-state index in [1.165, 1.54) is 58.2 Å². The molecule has 0 unspecified atom stereocenters. The molecule has 1 amide bonds. The molecule has 6 rings (SSSR count). The molecular weight excluding hydrogens is 651 g/mol. The zero-order valence-corrected chi connectivity index (χ0v) is 26.9. The predicted molar refractivity (Wildman–Crippen MR) is 175 cm³/mol. The number of carbonyl (C=O) groups is 3. The monoisotopic (exact) mass is 676 g/mol. The lowest BCUT2D eigenvalue weighted by molar-refractivity contribution is -0.119. The van der Waals surface area contributed by atoms with E-state index in [-0.39, 0.29) is 33.9 Å². The molecule has 46 heavy (non-hydrogen) atoms. The molecule has 0 fully saturated rings. The fourth-order valence-electron chi connectivity index (χ4n) is 5.53. The lowest BCUT2D eigenvalue weighted by Crippen LogP contribution is -2.26. The summed E-state index contributed by atoms with van der Waals surface area (Å²) in [4.78, 5) is 57.5. The Labute approximate surface area is 276 Å². The number of hydrogen-bond acceptors (Lipinski definition) is 8. The fraction of sp³-hybridized carbons (Fsp3) is 0.219. The first-order valence-corrected chi connectivity index (χ1v) is 15.9. The number of ketones is 1. The Bertz CT molecular complexity index is 2090. The molecule has 2 atom stereocenters. The van der Waals surface area contributed by atoms with Gasteiger partial charge in [-0.15, -0.1) is 16.4 Å². The van der Waals surface area contributed by atoms with Crippen LogP contribution in [0.25, 0.3) is 28.1 Å². The van der Waals surface area contributed by atoms with Gasteiger partial charge in [-0.1, -0.05) is 41.8 Å². The van der Waals surface area contributed by atoms with Crippen molar-refractivity contribution >= 4 is 57.9 Å². The summed E-state index contributed by atoms with van der Waals surface area (Å²) >= 11 is 13.6. The number of anilines is 1. The molecule has 3 aromatic heterocycles. The van der Waals surface area contributed by atoms with Gasteiger partial charge in [0.1, 0.15) is 0 Å². The maximum Gasteiger partial charge on any atom is 0.335 e. The SMILES string of the molecule is CC(=O)c1sc2cc1-c1cc(C(=O)O)ccc1NC(=O)[C@H](C)CCC[C@@H]2n1cnc(-c2cc(Cl)ccc2-n2cc(Cl)nn2)cc1=O. The van der Waals surface area contributed by atoms with Gasteiger partial charge in [0.15, 0.2) is 10.9 Å². The molecule has 0 saturated heterocycles. The van der Waals surface area contributed by atoms with Crippen molar-refractivity contribution in [1.82, 2.24) is 24.5 Å². The van der Waals surface area contributed by atoms with E-state index in [0.29, 0.717) is 62.9 Å². The van der Waals surface area contributed by atoms with Gasteiger partial charge in [-0.05, 0) is 62.2 Å². The van der Waals surface area contributed by atoms with Gasteiger partial charge < -0.3 is 10.4 Å². The number of carboxylic acids is 1. The number of carbonyl (C=O) groups excluding carboxylic acids is 2. The second kappa shape index (κ2) is 12.6. The van der Waals surface area contributed by atoms with Crippen LogP contribution in [0.5, 0.6) is 0 Å². The van der Waals surface area contributed by atoms with Crippen molar-refractivity contribution in [2.24, 2.45) is 5.92 Å². The van der Waals surface area contributed by atoms with E-state index in [4.69, 9.17) is 23.2 Å². The van der Waals surface area contributed by atoms with Crippen molar-refractivity contribution in [3.63, 3.8) is 0 Å². The summed E-state index contributed by atoms with van der Waals surface area (Å²) in [6.45, 7) is 3.25. The molecule has 11 nitrogen and oxygen atoms in total. The van der Waals surface area contributed by atoms with Crippen molar-refractivity contribution in [3.05, 3.63) is 96.9 Å². The van der Waals surface area contributed by atoms with E-state index < -0.39 is 12.0 Å². The summed E-state index contributed by atoms with van der Waals surface area (Å²) in [6, 6.07) is 12.2. The molecule has 4 heterocycles. The molecule has 1 aliphatic rings. The largest absolute Gasteiger partial charge is 0.478 e. The van der Waals surface area contributed by atoms with Crippen molar-refractivity contribution in [2.45, 2.75) is 39.2 Å². The highest BCUT2D eigenvalue weighted by Gasteiger charge is 2.27. The lowest BCUT2D eigenvalue weighted by Gasteiger charge is -2.21. The molecule has 234 valence electrons. The van der Waals surface area contributed by atoms with E-state index >= 15 is 0 Å². The summed E-state index contributed by atoms with van der Waals surface area (Å²) in [6.07, 6.45) is 4.62. The zero-order chi connectivity index (χ0) is 32.7. The number of aromatic nitrogens is 5. The Kier molecular flexibility index (Phi) is 8.60. The molecule has 14 heteroatoms. The highest BCUT2D eigenvalue weighted by Crippen LogP contribution is 2.41. The molecule has 0 spiro atoms. The second-order valence-electron chi connectivity index (χ2n) is 11.0. The van der Waals surface area contributed by atoms with Crippen LogP contribution in [0.2, 0.25) is 10.2 Å². The van der Waals surface area contributed by atoms with E-state index in [0.717, 1.165) is 4.88 Å². The van der Waals surface area contributed by atoms with Crippen LogP contribution >= 0.6 is 34.5 Å². The van der Waals surface area contributed by atoms with E-state index in [1.807, 2.05) is 6.92 Å². The lowest BCUT2D eigenvalue weighted by atomic mass is 9.95. The number of nitrogens with one attached hydrogen (secondary N) is 1. The second-order valence-corrected chi connectivity index (χ2v) is 12.9. The van der Waals surface area contributed by atoms with Gasteiger partial charge in [0, 0.05) is 44.3 Å². The molecule has 1 aliphatic heterocycles. The van der Waals surface area contributed by atoms with Gasteiger partial charge >= 0.3 is 5.97 Å². The van der Waals surface area contributed by atoms with Gasteiger partial charge in [-0.2, -0.15) is 0 Å². The highest BCUT2D eigenvalue weighted by molar-refractivity contribution is 7.14. The Morgan fingerprint density at radius 1 is 1.02 bits per heavy atom. The normalized spacial score (nSPS) is 16.6. The van der Waals surface area contributed by atoms with E-state index in [1.54, 1.807) is 30.3 Å². The Balaban J connectivity index is 1.49. The van der Waals surface area contributed by atoms with Crippen LogP contribution in [-0.2, 0) is 4.79 Å². The average Bonchev–Trinajstić information content (AvgIpc) is 3.66. The van der Waals surface area contributed by atoms with Crippen LogP contribution in [-0.4, -0.2) is 47.3 Å². The van der Waals surface area contributed by atoms with Crippen molar-refractivity contribution in [1.29, 1.82) is 0 Å². The Morgan fingerprint density at radius 2 is 1.83 bits per heavy atom. The zero-order valence-electron chi connectivity index (χ0n) is 24.5. The molecule has 2 bridgehead atoms. The van der Waals surface area contributed by atoms with Gasteiger partial charge in [0.05, 0.1) is 40.4 Å². The minimum absolute atomic E-state index is 0.0106. The van der Waals surface area contributed by atoms with Crippen LogP contribution < -0.4 is 10.9 Å². The third kappa shape index (κ3) is 6.11. The van der Waals surface area contributed by atoms with Crippen LogP contribution in [0, 0.1) is 5.92 Å². The number of halogens is 2. The first-order valence-electron chi connectivity index (χ1n) is 14.3. The average molecular weight is 678 g/mol. The number of carboxylic acid groups (broad SMARTS) is 1. The topological polar surface area (TPSA) is 149 Å². The minimum atomic E-state index is -1.14. The van der Waals surface area contributed by atoms with Crippen LogP contribution in [0.4, 0.5) is 5.69 Å². The number of Topliss-reactive ketones (excluding diaryl/α,β-unsaturated/α-hetero) is 1. The van der Waals surface area contributed by atoms with Gasteiger partial charge in [-0.25, -0.2) is 14.5 Å². The van der Waals surface area contributed by atoms with Gasteiger partial charge in [0.2, 0.25) is 5.91 Å². The highest BCUT2D eigenvalue weighted by atomic mass is 35.5. The molecule has 0 saturated carbocycles. The third-order valence-electron chi connectivity index (χ3n) is 7.89. The maximum absolute atomic E-state index is 13.8. The molecule has 2 aromatic carbocycles. The van der Waals surface area contributed by atoms with E-state index in [2.05, 4.69) is 20.6 Å². The third-order valence-corrected chi connectivity index (χ3v) is 9.64. The molecule has 0 radical (unpaired) electrons. The van der Waals surface area contributed by atoms with Gasteiger partial charge in [-0.3, -0.25) is 19.0 Å². The number of fused-ring (bicyclic) bond motifs is 4. The number of amides is 1. The van der Waals surface area contributed by atoms with E-state index in [9.17, 15) is 24.3 Å². The van der Waals surface area contributed by atoms with Gasteiger partial charge in [0.25, 0.3) is 5.56 Å². The molecule has 2 N–H and O–H groups in total. The Morgan fingerprint density at radius 3 is 2.52 bits per heavy atom. The standard InChI is InChI=1S/C32H26Cl2N6O5S/c1-16-4-3-5-26(27-12-21(30(46-27)17(2)41)20-10-18(32(44)45)6-8-23(20)36-31(16)43)39-15-35-24(13-29(39)42)22-11-19(33)7-9-25(22)40-14-28(34)37-38-40/h6-16,26H,3-5H2,1-2H3,(H,36,43)(H,44,45)/t16-,26+/m1/s1. The molecule has 5 aromatic rings. The smallest absolute Gasteiger partial charge is 0.335 e. The first-order chi connectivity index (χ1) is 22.0. The number of rotatable bonds is 5. The first kappa shape index (κ1) is 31.3. The maximum atomic E-state index is 13.8. The van der Waals surface area contributed by atoms with Crippen molar-refractivity contribution in [3.8, 4) is 28.1 Å². The minimum Gasteiger partial charge on any atom is -0.478 e. The summed E-state index contributed by atoms with van der Waals surface area (Å²) in [5.74, 6) is -1.96. The number of aromatic carboxylic acids is 1. The van der Waals surface area contributed by atoms with Crippen LogP contribution in [0.1, 0.15) is 64.1 Å². The number of benzene rings is 2. The van der Waals surface area contributed by atoms with Crippen molar-refractivity contribution < 1.29 is 19.5 Å².